The maximum Gasteiger partial charge on any atom is 0.350 e. The topological polar surface area (TPSA) is 64.2 Å². The molecule has 0 saturated heterocycles. The third kappa shape index (κ3) is 2.59. The maximum absolute atomic E-state index is 11.9. The fourth-order valence-electron chi connectivity index (χ4n) is 1.66. The van der Waals surface area contributed by atoms with E-state index < -0.39 is 0 Å². The van der Waals surface area contributed by atoms with E-state index in [-0.39, 0.29) is 5.69 Å². The van der Waals surface area contributed by atoms with Crippen LogP contribution in [-0.4, -0.2) is 31.8 Å². The quantitative estimate of drug-likeness (QED) is 0.839. The van der Waals surface area contributed by atoms with Gasteiger partial charge in [-0.2, -0.15) is 0 Å². The Hall–Kier alpha value is -1.69. The van der Waals surface area contributed by atoms with Crippen molar-refractivity contribution >= 4 is 5.65 Å². The van der Waals surface area contributed by atoms with E-state index in [1.54, 1.807) is 18.6 Å². The van der Waals surface area contributed by atoms with E-state index in [1.807, 2.05) is 0 Å². The van der Waals surface area contributed by atoms with Gasteiger partial charge in [0.15, 0.2) is 5.65 Å². The van der Waals surface area contributed by atoms with Gasteiger partial charge in [-0.3, -0.25) is 4.98 Å². The average Bonchev–Trinajstić information content (AvgIpc) is 2.67. The molecule has 0 radical (unpaired) electrons. The highest BCUT2D eigenvalue weighted by atomic mass is 16.2. The highest BCUT2D eigenvalue weighted by Gasteiger charge is 2.08. The molecule has 0 aliphatic rings. The Bertz CT molecular complexity index is 571. The third-order valence-electron chi connectivity index (χ3n) is 3.18. The third-order valence-corrected chi connectivity index (χ3v) is 3.18. The zero-order valence-electron chi connectivity index (χ0n) is 11.0. The van der Waals surface area contributed by atoms with Crippen molar-refractivity contribution in [3.05, 3.63) is 29.1 Å². The first kappa shape index (κ1) is 12.8. The summed E-state index contributed by atoms with van der Waals surface area (Å²) in [6.45, 7) is 7.77. The predicted molar refractivity (Wildman–Crippen MR) is 69.5 cm³/mol. The molecule has 0 bridgehead atoms. The summed E-state index contributed by atoms with van der Waals surface area (Å²) in [4.78, 5) is 15.9. The highest BCUT2D eigenvalue weighted by Crippen LogP contribution is 1.99. The van der Waals surface area contributed by atoms with Crippen LogP contribution in [0.5, 0.6) is 0 Å². The van der Waals surface area contributed by atoms with Crippen LogP contribution in [0.2, 0.25) is 0 Å². The second-order valence-corrected chi connectivity index (χ2v) is 4.80. The number of nitrogens with zero attached hydrogens (tertiary/aromatic N) is 4. The normalized spacial score (nSPS) is 13.3. The molecule has 1 unspecified atom stereocenters. The number of fused-ring (bicyclic) bond motifs is 1. The van der Waals surface area contributed by atoms with E-state index >= 15 is 0 Å². The Morgan fingerprint density at radius 3 is 2.83 bits per heavy atom. The molecule has 0 aliphatic heterocycles. The Morgan fingerprint density at radius 1 is 1.39 bits per heavy atom. The van der Waals surface area contributed by atoms with Crippen molar-refractivity contribution in [2.45, 2.75) is 33.4 Å². The lowest BCUT2D eigenvalue weighted by Gasteiger charge is -2.16. The molecule has 0 fully saturated rings. The van der Waals surface area contributed by atoms with Gasteiger partial charge in [0.25, 0.3) is 0 Å². The lowest BCUT2D eigenvalue weighted by atomic mass is 10.1. The van der Waals surface area contributed by atoms with Crippen LogP contribution >= 0.6 is 0 Å². The first-order valence-electron chi connectivity index (χ1n) is 6.22. The minimum atomic E-state index is -0.119. The van der Waals surface area contributed by atoms with Crippen LogP contribution in [0.1, 0.15) is 20.8 Å². The minimum Gasteiger partial charge on any atom is -0.312 e. The fraction of sp³-hybridized carbons (Fsp3) is 0.583. The highest BCUT2D eigenvalue weighted by molar-refractivity contribution is 5.31. The molecule has 1 atom stereocenters. The molecular weight excluding hydrogens is 230 g/mol. The second kappa shape index (κ2) is 5.30. The van der Waals surface area contributed by atoms with Gasteiger partial charge in [-0.1, -0.05) is 13.8 Å². The Labute approximate surface area is 106 Å². The summed E-state index contributed by atoms with van der Waals surface area (Å²) in [7, 11) is 0. The Balaban J connectivity index is 2.04. The van der Waals surface area contributed by atoms with E-state index in [9.17, 15) is 4.79 Å². The zero-order valence-corrected chi connectivity index (χ0v) is 11.0. The summed E-state index contributed by atoms with van der Waals surface area (Å²) >= 11 is 0. The summed E-state index contributed by atoms with van der Waals surface area (Å²) in [5.41, 5.74) is 0.464. The lowest BCUT2D eigenvalue weighted by Crippen LogP contribution is -2.35. The first-order valence-corrected chi connectivity index (χ1v) is 6.22. The van der Waals surface area contributed by atoms with Gasteiger partial charge in [0, 0.05) is 25.0 Å². The van der Waals surface area contributed by atoms with E-state index in [1.165, 1.54) is 9.08 Å². The monoisotopic (exact) mass is 249 g/mol. The van der Waals surface area contributed by atoms with Crippen LogP contribution in [0.25, 0.3) is 5.65 Å². The fourth-order valence-corrected chi connectivity index (χ4v) is 1.66. The van der Waals surface area contributed by atoms with Gasteiger partial charge < -0.3 is 5.32 Å². The molecule has 0 aromatic carbocycles. The standard InChI is InChI=1S/C12H19N5O/c1-9(2)10(3)14-5-7-17-12(18)16-6-4-13-8-11(16)15-17/h4,6,8-10,14H,5,7H2,1-3H3. The first-order chi connectivity index (χ1) is 8.59. The van der Waals surface area contributed by atoms with Crippen LogP contribution in [0.3, 0.4) is 0 Å². The molecule has 6 nitrogen and oxygen atoms in total. The number of hydrogen-bond donors (Lipinski definition) is 1. The molecule has 2 aromatic rings. The summed E-state index contributed by atoms with van der Waals surface area (Å²) in [5, 5.41) is 7.60. The number of rotatable bonds is 5. The van der Waals surface area contributed by atoms with E-state index in [0.717, 1.165) is 6.54 Å². The maximum atomic E-state index is 11.9. The lowest BCUT2D eigenvalue weighted by molar-refractivity contribution is 0.408. The second-order valence-electron chi connectivity index (χ2n) is 4.80. The van der Waals surface area contributed by atoms with Crippen molar-refractivity contribution in [2.24, 2.45) is 5.92 Å². The van der Waals surface area contributed by atoms with Gasteiger partial charge in [0.1, 0.15) is 0 Å². The molecule has 0 aliphatic carbocycles. The van der Waals surface area contributed by atoms with Crippen LogP contribution < -0.4 is 11.0 Å². The van der Waals surface area contributed by atoms with Crippen LogP contribution in [0.4, 0.5) is 0 Å². The van der Waals surface area contributed by atoms with Gasteiger partial charge >= 0.3 is 5.69 Å². The molecule has 98 valence electrons. The largest absolute Gasteiger partial charge is 0.350 e. The van der Waals surface area contributed by atoms with Crippen LogP contribution in [0.15, 0.2) is 23.4 Å². The molecule has 1 N–H and O–H groups in total. The van der Waals surface area contributed by atoms with Gasteiger partial charge in [0.05, 0.1) is 12.7 Å². The number of hydrogen-bond acceptors (Lipinski definition) is 4. The minimum absolute atomic E-state index is 0.119. The van der Waals surface area contributed by atoms with Crippen molar-refractivity contribution in [3.63, 3.8) is 0 Å². The van der Waals surface area contributed by atoms with Crippen molar-refractivity contribution in [1.29, 1.82) is 0 Å². The summed E-state index contributed by atoms with van der Waals surface area (Å²) in [6, 6.07) is 0.430. The summed E-state index contributed by atoms with van der Waals surface area (Å²) in [5.74, 6) is 0.576. The SMILES string of the molecule is CC(C)C(C)NCCn1nc2cnccn2c1=O. The molecule has 2 rings (SSSR count). The molecule has 0 spiro atoms. The Kier molecular flexibility index (Phi) is 3.76. The number of aromatic nitrogens is 4. The zero-order chi connectivity index (χ0) is 13.1. The molecule has 6 heteroatoms. The average molecular weight is 249 g/mol. The van der Waals surface area contributed by atoms with Crippen molar-refractivity contribution in [1.82, 2.24) is 24.5 Å². The van der Waals surface area contributed by atoms with Crippen LogP contribution in [-0.2, 0) is 6.54 Å². The van der Waals surface area contributed by atoms with Gasteiger partial charge in [0.2, 0.25) is 0 Å². The van der Waals surface area contributed by atoms with E-state index in [0.29, 0.717) is 24.2 Å². The van der Waals surface area contributed by atoms with Crippen LogP contribution in [0, 0.1) is 5.92 Å². The van der Waals surface area contributed by atoms with E-state index in [2.05, 4.69) is 36.2 Å². The summed E-state index contributed by atoms with van der Waals surface area (Å²) < 4.78 is 2.97. The van der Waals surface area contributed by atoms with Gasteiger partial charge in [-0.05, 0) is 12.8 Å². The molecular formula is C12H19N5O. The molecule has 2 aromatic heterocycles. The predicted octanol–water partition coefficient (Wildman–Crippen LogP) is 0.525. The van der Waals surface area contributed by atoms with E-state index in [4.69, 9.17) is 0 Å². The Morgan fingerprint density at radius 2 is 2.17 bits per heavy atom. The van der Waals surface area contributed by atoms with Crippen molar-refractivity contribution in [3.8, 4) is 0 Å². The van der Waals surface area contributed by atoms with Gasteiger partial charge in [-0.15, -0.1) is 5.10 Å². The smallest absolute Gasteiger partial charge is 0.312 e. The summed E-state index contributed by atoms with van der Waals surface area (Å²) in [6.07, 6.45) is 4.80. The van der Waals surface area contributed by atoms with Crippen molar-refractivity contribution in [2.75, 3.05) is 6.54 Å². The van der Waals surface area contributed by atoms with Crippen molar-refractivity contribution < 1.29 is 0 Å². The molecule has 18 heavy (non-hydrogen) atoms. The van der Waals surface area contributed by atoms with Gasteiger partial charge in [-0.25, -0.2) is 13.9 Å². The number of nitrogens with one attached hydrogen (secondary N) is 1. The molecule has 0 amide bonds. The molecule has 0 saturated carbocycles. The molecule has 2 heterocycles.